The van der Waals surface area contributed by atoms with Gasteiger partial charge in [-0.15, -0.1) is 0 Å². The predicted molar refractivity (Wildman–Crippen MR) is 92.6 cm³/mol. The van der Waals surface area contributed by atoms with E-state index in [0.717, 1.165) is 31.6 Å². The standard InChI is InChI=1S/C18H21N5O2/c24-17(14-3-1-4-15(11-14)22-9-6-19-13-22)21-8-2-5-16(12-21)23-10-7-20-18(23)25/h1,3-4,6,9,11,13,16H,2,5,7-8,10,12H2,(H,20,25). The Kier molecular flexibility index (Phi) is 4.13. The first-order chi connectivity index (χ1) is 12.2. The molecule has 1 aromatic heterocycles. The molecule has 1 atom stereocenters. The molecule has 2 fully saturated rings. The van der Waals surface area contributed by atoms with Crippen LogP contribution in [0.1, 0.15) is 23.2 Å². The van der Waals surface area contributed by atoms with Gasteiger partial charge in [-0.2, -0.15) is 0 Å². The maximum absolute atomic E-state index is 12.9. The minimum absolute atomic E-state index is 0.0126. The number of imidazole rings is 1. The zero-order valence-corrected chi connectivity index (χ0v) is 14.0. The molecule has 1 unspecified atom stereocenters. The van der Waals surface area contributed by atoms with Gasteiger partial charge in [-0.25, -0.2) is 9.78 Å². The van der Waals surface area contributed by atoms with Crippen molar-refractivity contribution < 1.29 is 9.59 Å². The summed E-state index contributed by atoms with van der Waals surface area (Å²) in [5, 5.41) is 2.84. The van der Waals surface area contributed by atoms with Crippen LogP contribution in [0, 0.1) is 0 Å². The third kappa shape index (κ3) is 3.09. The lowest BCUT2D eigenvalue weighted by Gasteiger charge is -2.37. The monoisotopic (exact) mass is 339 g/mol. The van der Waals surface area contributed by atoms with E-state index in [2.05, 4.69) is 10.3 Å². The summed E-state index contributed by atoms with van der Waals surface area (Å²) in [6.45, 7) is 2.75. The Morgan fingerprint density at radius 3 is 2.96 bits per heavy atom. The number of likely N-dealkylation sites (tertiary alicyclic amines) is 1. The molecular weight excluding hydrogens is 318 g/mol. The number of urea groups is 1. The van der Waals surface area contributed by atoms with Crippen molar-refractivity contribution >= 4 is 11.9 Å². The van der Waals surface area contributed by atoms with Crippen molar-refractivity contribution in [3.8, 4) is 5.69 Å². The average molecular weight is 339 g/mol. The number of nitrogens with one attached hydrogen (secondary N) is 1. The van der Waals surface area contributed by atoms with Crippen molar-refractivity contribution in [1.82, 2.24) is 24.7 Å². The molecule has 0 spiro atoms. The maximum atomic E-state index is 12.9. The maximum Gasteiger partial charge on any atom is 0.317 e. The Morgan fingerprint density at radius 1 is 1.28 bits per heavy atom. The number of nitrogens with zero attached hydrogens (tertiary/aromatic N) is 4. The molecule has 2 aliphatic heterocycles. The predicted octanol–water partition coefficient (Wildman–Crippen LogP) is 1.50. The summed E-state index contributed by atoms with van der Waals surface area (Å²) >= 11 is 0. The van der Waals surface area contributed by atoms with E-state index < -0.39 is 0 Å². The summed E-state index contributed by atoms with van der Waals surface area (Å²) in [6, 6.07) is 7.66. The van der Waals surface area contributed by atoms with Gasteiger partial charge < -0.3 is 19.7 Å². The Bertz CT molecular complexity index is 774. The normalized spacial score (nSPS) is 20.6. The Morgan fingerprint density at radius 2 is 2.20 bits per heavy atom. The molecule has 4 rings (SSSR count). The molecular formula is C18H21N5O2. The summed E-state index contributed by atoms with van der Waals surface area (Å²) in [5.41, 5.74) is 1.58. The number of rotatable bonds is 3. The second-order valence-corrected chi connectivity index (χ2v) is 6.49. The molecule has 25 heavy (non-hydrogen) atoms. The van der Waals surface area contributed by atoms with E-state index in [9.17, 15) is 9.59 Å². The van der Waals surface area contributed by atoms with E-state index in [1.54, 1.807) is 12.5 Å². The molecule has 2 aromatic rings. The zero-order chi connectivity index (χ0) is 17.2. The van der Waals surface area contributed by atoms with Crippen LogP contribution >= 0.6 is 0 Å². The summed E-state index contributed by atoms with van der Waals surface area (Å²) in [7, 11) is 0. The lowest BCUT2D eigenvalue weighted by molar-refractivity contribution is 0.0634. The van der Waals surface area contributed by atoms with Gasteiger partial charge in [0.2, 0.25) is 0 Å². The molecule has 2 saturated heterocycles. The average Bonchev–Trinajstić information content (AvgIpc) is 3.33. The number of benzene rings is 1. The van der Waals surface area contributed by atoms with Crippen LogP contribution in [-0.2, 0) is 0 Å². The molecule has 0 radical (unpaired) electrons. The Labute approximate surface area is 146 Å². The molecule has 1 N–H and O–H groups in total. The molecule has 130 valence electrons. The van der Waals surface area contributed by atoms with Crippen LogP contribution in [0.25, 0.3) is 5.69 Å². The highest BCUT2D eigenvalue weighted by Crippen LogP contribution is 2.20. The number of amides is 3. The van der Waals surface area contributed by atoms with Crippen LogP contribution < -0.4 is 5.32 Å². The number of hydrogen-bond donors (Lipinski definition) is 1. The summed E-state index contributed by atoms with van der Waals surface area (Å²) in [4.78, 5) is 32.6. The van der Waals surface area contributed by atoms with Crippen molar-refractivity contribution in [2.24, 2.45) is 0 Å². The van der Waals surface area contributed by atoms with Crippen LogP contribution in [0.5, 0.6) is 0 Å². The summed E-state index contributed by atoms with van der Waals surface area (Å²) < 4.78 is 1.88. The van der Waals surface area contributed by atoms with Gasteiger partial charge in [-0.05, 0) is 31.0 Å². The van der Waals surface area contributed by atoms with Gasteiger partial charge in [0.25, 0.3) is 5.91 Å². The first kappa shape index (κ1) is 15.7. The highest BCUT2D eigenvalue weighted by Gasteiger charge is 2.33. The van der Waals surface area contributed by atoms with E-state index in [4.69, 9.17) is 0 Å². The van der Waals surface area contributed by atoms with Crippen LogP contribution in [0.2, 0.25) is 0 Å². The van der Waals surface area contributed by atoms with E-state index >= 15 is 0 Å². The van der Waals surface area contributed by atoms with Crippen LogP contribution in [0.15, 0.2) is 43.0 Å². The highest BCUT2D eigenvalue weighted by atomic mass is 16.2. The van der Waals surface area contributed by atoms with Crippen LogP contribution in [-0.4, -0.2) is 63.5 Å². The molecule has 0 aliphatic carbocycles. The van der Waals surface area contributed by atoms with Gasteiger partial charge in [0, 0.05) is 49.8 Å². The molecule has 7 heteroatoms. The van der Waals surface area contributed by atoms with E-state index in [1.165, 1.54) is 0 Å². The molecule has 0 saturated carbocycles. The number of carbonyl (C=O) groups is 2. The number of aromatic nitrogens is 2. The third-order valence-corrected chi connectivity index (χ3v) is 4.91. The summed E-state index contributed by atoms with van der Waals surface area (Å²) in [5.74, 6) is 0.0197. The largest absolute Gasteiger partial charge is 0.337 e. The lowest BCUT2D eigenvalue weighted by Crippen LogP contribution is -2.50. The van der Waals surface area contributed by atoms with Gasteiger partial charge in [0.05, 0.1) is 12.4 Å². The van der Waals surface area contributed by atoms with E-state index in [1.807, 2.05) is 44.8 Å². The van der Waals surface area contributed by atoms with Crippen molar-refractivity contribution in [3.63, 3.8) is 0 Å². The third-order valence-electron chi connectivity index (χ3n) is 4.91. The molecule has 3 amide bonds. The van der Waals surface area contributed by atoms with Gasteiger partial charge >= 0.3 is 6.03 Å². The van der Waals surface area contributed by atoms with E-state index in [0.29, 0.717) is 18.7 Å². The van der Waals surface area contributed by atoms with E-state index in [-0.39, 0.29) is 18.0 Å². The Balaban J connectivity index is 1.50. The highest BCUT2D eigenvalue weighted by molar-refractivity contribution is 5.95. The molecule has 2 aliphatic rings. The molecule has 3 heterocycles. The quantitative estimate of drug-likeness (QED) is 0.921. The fourth-order valence-corrected chi connectivity index (χ4v) is 3.62. The Hall–Kier alpha value is -2.83. The smallest absolute Gasteiger partial charge is 0.317 e. The first-order valence-corrected chi connectivity index (χ1v) is 8.64. The van der Waals surface area contributed by atoms with Gasteiger partial charge in [-0.3, -0.25) is 4.79 Å². The van der Waals surface area contributed by atoms with Crippen LogP contribution in [0.4, 0.5) is 4.79 Å². The lowest BCUT2D eigenvalue weighted by atomic mass is 10.0. The van der Waals surface area contributed by atoms with Gasteiger partial charge in [0.15, 0.2) is 0 Å². The van der Waals surface area contributed by atoms with Crippen molar-refractivity contribution in [2.75, 3.05) is 26.2 Å². The minimum Gasteiger partial charge on any atom is -0.337 e. The second kappa shape index (κ2) is 6.58. The minimum atomic E-state index is -0.0126. The fourth-order valence-electron chi connectivity index (χ4n) is 3.62. The van der Waals surface area contributed by atoms with Crippen LogP contribution in [0.3, 0.4) is 0 Å². The summed E-state index contributed by atoms with van der Waals surface area (Å²) in [6.07, 6.45) is 7.15. The second-order valence-electron chi connectivity index (χ2n) is 6.49. The van der Waals surface area contributed by atoms with Crippen molar-refractivity contribution in [3.05, 3.63) is 48.5 Å². The van der Waals surface area contributed by atoms with Gasteiger partial charge in [-0.1, -0.05) is 6.07 Å². The number of hydrogen-bond acceptors (Lipinski definition) is 3. The first-order valence-electron chi connectivity index (χ1n) is 8.64. The zero-order valence-electron chi connectivity index (χ0n) is 14.0. The van der Waals surface area contributed by atoms with Crippen molar-refractivity contribution in [1.29, 1.82) is 0 Å². The molecule has 7 nitrogen and oxygen atoms in total. The molecule has 1 aromatic carbocycles. The fraction of sp³-hybridized carbons (Fsp3) is 0.389. The van der Waals surface area contributed by atoms with Gasteiger partial charge in [0.1, 0.15) is 0 Å². The van der Waals surface area contributed by atoms with Crippen molar-refractivity contribution in [2.45, 2.75) is 18.9 Å². The topological polar surface area (TPSA) is 70.5 Å². The molecule has 0 bridgehead atoms. The SMILES string of the molecule is O=C(c1cccc(-n2ccnc2)c1)N1CCCC(N2CCNC2=O)C1. The number of carbonyl (C=O) groups excluding carboxylic acids is 2. The number of piperidine rings is 1.